The molecule has 15 heavy (non-hydrogen) atoms. The van der Waals surface area contributed by atoms with Crippen LogP contribution in [0.25, 0.3) is 0 Å². The molecule has 84 valence electrons. The van der Waals surface area contributed by atoms with Crippen molar-refractivity contribution >= 4 is 0 Å². The van der Waals surface area contributed by atoms with Crippen molar-refractivity contribution in [2.75, 3.05) is 6.54 Å². The van der Waals surface area contributed by atoms with E-state index in [0.29, 0.717) is 5.76 Å². The number of aliphatic hydroxyl groups excluding tert-OH is 1. The zero-order valence-corrected chi connectivity index (χ0v) is 9.20. The molecule has 1 aromatic heterocycles. The van der Waals surface area contributed by atoms with Crippen LogP contribution < -0.4 is 5.32 Å². The molecule has 0 saturated heterocycles. The van der Waals surface area contributed by atoms with E-state index in [1.807, 2.05) is 12.1 Å². The Kier molecular flexibility index (Phi) is 3.44. The molecule has 1 fully saturated rings. The van der Waals surface area contributed by atoms with Gasteiger partial charge in [0, 0.05) is 0 Å². The van der Waals surface area contributed by atoms with Crippen LogP contribution in [0, 0.1) is 11.8 Å². The van der Waals surface area contributed by atoms with Gasteiger partial charge < -0.3 is 14.8 Å². The van der Waals surface area contributed by atoms with E-state index in [-0.39, 0.29) is 6.61 Å². The summed E-state index contributed by atoms with van der Waals surface area (Å²) in [6.07, 6.45) is 2.80. The Hall–Kier alpha value is -0.800. The number of hydrogen-bond donors (Lipinski definition) is 2. The summed E-state index contributed by atoms with van der Waals surface area (Å²) in [6, 6.07) is 3.74. The predicted molar refractivity (Wildman–Crippen MR) is 58.2 cm³/mol. The number of hydrogen-bond acceptors (Lipinski definition) is 3. The predicted octanol–water partition coefficient (Wildman–Crippen LogP) is 1.91. The Morgan fingerprint density at radius 3 is 2.80 bits per heavy atom. The van der Waals surface area contributed by atoms with E-state index >= 15 is 0 Å². The average molecular weight is 209 g/mol. The van der Waals surface area contributed by atoms with Crippen molar-refractivity contribution in [2.45, 2.75) is 32.9 Å². The molecule has 1 heterocycles. The monoisotopic (exact) mass is 209 g/mol. The fraction of sp³-hybridized carbons (Fsp3) is 0.667. The van der Waals surface area contributed by atoms with Gasteiger partial charge in [0.15, 0.2) is 0 Å². The number of aliphatic hydroxyl groups is 1. The maximum Gasteiger partial charge on any atom is 0.129 e. The van der Waals surface area contributed by atoms with Gasteiger partial charge in [-0.1, -0.05) is 6.92 Å². The summed E-state index contributed by atoms with van der Waals surface area (Å²) in [5.41, 5.74) is 0. The largest absolute Gasteiger partial charge is 0.462 e. The minimum absolute atomic E-state index is 0.0154. The van der Waals surface area contributed by atoms with Crippen LogP contribution in [-0.2, 0) is 13.2 Å². The van der Waals surface area contributed by atoms with Crippen molar-refractivity contribution in [1.29, 1.82) is 0 Å². The van der Waals surface area contributed by atoms with Gasteiger partial charge in [-0.05, 0) is 43.4 Å². The van der Waals surface area contributed by atoms with Gasteiger partial charge >= 0.3 is 0 Å². The van der Waals surface area contributed by atoms with Gasteiger partial charge in [0.1, 0.15) is 18.1 Å². The molecule has 0 aliphatic heterocycles. The van der Waals surface area contributed by atoms with Crippen molar-refractivity contribution in [3.8, 4) is 0 Å². The Morgan fingerprint density at radius 1 is 1.47 bits per heavy atom. The summed E-state index contributed by atoms with van der Waals surface area (Å²) in [6.45, 7) is 4.10. The lowest BCUT2D eigenvalue weighted by molar-refractivity contribution is 0.242. The van der Waals surface area contributed by atoms with Crippen molar-refractivity contribution < 1.29 is 9.52 Å². The van der Waals surface area contributed by atoms with Gasteiger partial charge in [0.05, 0.1) is 6.54 Å². The summed E-state index contributed by atoms with van der Waals surface area (Å²) in [5.74, 6) is 3.27. The highest BCUT2D eigenvalue weighted by Crippen LogP contribution is 2.36. The van der Waals surface area contributed by atoms with E-state index < -0.39 is 0 Å². The molecule has 2 rings (SSSR count). The third kappa shape index (κ3) is 3.08. The van der Waals surface area contributed by atoms with Crippen LogP contribution in [0.3, 0.4) is 0 Å². The van der Waals surface area contributed by atoms with Crippen LogP contribution in [-0.4, -0.2) is 11.7 Å². The van der Waals surface area contributed by atoms with Crippen molar-refractivity contribution in [3.63, 3.8) is 0 Å². The fourth-order valence-electron chi connectivity index (χ4n) is 1.86. The Balaban J connectivity index is 1.68. The van der Waals surface area contributed by atoms with Gasteiger partial charge in [-0.3, -0.25) is 0 Å². The van der Waals surface area contributed by atoms with Crippen molar-refractivity contribution in [3.05, 3.63) is 23.7 Å². The minimum Gasteiger partial charge on any atom is -0.462 e. The Bertz CT molecular complexity index is 304. The first-order valence-electron chi connectivity index (χ1n) is 5.68. The molecule has 3 nitrogen and oxygen atoms in total. The number of nitrogens with one attached hydrogen (secondary N) is 1. The summed E-state index contributed by atoms with van der Waals surface area (Å²) < 4.78 is 5.38. The van der Waals surface area contributed by atoms with Crippen molar-refractivity contribution in [2.24, 2.45) is 11.8 Å². The molecule has 0 amide bonds. The molecule has 1 aliphatic carbocycles. The van der Waals surface area contributed by atoms with Crippen LogP contribution in [0.1, 0.15) is 31.3 Å². The van der Waals surface area contributed by atoms with Crippen molar-refractivity contribution in [1.82, 2.24) is 5.32 Å². The van der Waals surface area contributed by atoms with Gasteiger partial charge in [0.25, 0.3) is 0 Å². The number of rotatable bonds is 6. The first kappa shape index (κ1) is 10.7. The Labute approximate surface area is 90.5 Å². The topological polar surface area (TPSA) is 45.4 Å². The molecule has 1 saturated carbocycles. The molecule has 0 spiro atoms. The highest BCUT2D eigenvalue weighted by molar-refractivity contribution is 5.06. The molecule has 1 atom stereocenters. The van der Waals surface area contributed by atoms with Crippen LogP contribution in [0.4, 0.5) is 0 Å². The van der Waals surface area contributed by atoms with E-state index in [2.05, 4.69) is 12.2 Å². The highest BCUT2D eigenvalue weighted by atomic mass is 16.4. The molecule has 1 unspecified atom stereocenters. The van der Waals surface area contributed by atoms with Crippen LogP contribution in [0.2, 0.25) is 0 Å². The summed E-state index contributed by atoms with van der Waals surface area (Å²) >= 11 is 0. The normalized spacial score (nSPS) is 18.0. The second-order valence-electron chi connectivity index (χ2n) is 4.47. The standard InChI is InChI=1S/C12H19NO2/c1-9(10-2-3-10)6-13-7-11-4-5-12(8-14)15-11/h4-5,9-10,13-14H,2-3,6-8H2,1H3. The zero-order chi connectivity index (χ0) is 10.7. The second kappa shape index (κ2) is 4.81. The minimum atomic E-state index is -0.0154. The molecule has 1 aromatic rings. The molecule has 3 heteroatoms. The third-order valence-electron chi connectivity index (χ3n) is 3.07. The van der Waals surface area contributed by atoms with E-state index in [0.717, 1.165) is 30.7 Å². The lowest BCUT2D eigenvalue weighted by atomic mass is 10.1. The van der Waals surface area contributed by atoms with Gasteiger partial charge in [-0.15, -0.1) is 0 Å². The van der Waals surface area contributed by atoms with Crippen LogP contribution >= 0.6 is 0 Å². The lowest BCUT2D eigenvalue weighted by Gasteiger charge is -2.09. The molecular formula is C12H19NO2. The molecule has 1 aliphatic rings. The first-order chi connectivity index (χ1) is 7.29. The van der Waals surface area contributed by atoms with Crippen LogP contribution in [0.5, 0.6) is 0 Å². The number of furan rings is 1. The lowest BCUT2D eigenvalue weighted by Crippen LogP contribution is -2.21. The fourth-order valence-corrected chi connectivity index (χ4v) is 1.86. The molecular weight excluding hydrogens is 190 g/mol. The molecule has 0 radical (unpaired) electrons. The molecule has 0 bridgehead atoms. The van der Waals surface area contributed by atoms with Gasteiger partial charge in [0.2, 0.25) is 0 Å². The second-order valence-corrected chi connectivity index (χ2v) is 4.47. The van der Waals surface area contributed by atoms with E-state index in [9.17, 15) is 0 Å². The summed E-state index contributed by atoms with van der Waals surface area (Å²) in [5, 5.41) is 12.2. The van der Waals surface area contributed by atoms with E-state index in [1.165, 1.54) is 12.8 Å². The van der Waals surface area contributed by atoms with Crippen LogP contribution in [0.15, 0.2) is 16.5 Å². The smallest absolute Gasteiger partial charge is 0.129 e. The third-order valence-corrected chi connectivity index (χ3v) is 3.07. The Morgan fingerprint density at radius 2 is 2.20 bits per heavy atom. The first-order valence-corrected chi connectivity index (χ1v) is 5.68. The molecule has 2 N–H and O–H groups in total. The summed E-state index contributed by atoms with van der Waals surface area (Å²) in [4.78, 5) is 0. The van der Waals surface area contributed by atoms with Gasteiger partial charge in [-0.2, -0.15) is 0 Å². The van der Waals surface area contributed by atoms with E-state index in [1.54, 1.807) is 0 Å². The quantitative estimate of drug-likeness (QED) is 0.752. The summed E-state index contributed by atoms with van der Waals surface area (Å²) in [7, 11) is 0. The van der Waals surface area contributed by atoms with Gasteiger partial charge in [-0.25, -0.2) is 0 Å². The highest BCUT2D eigenvalue weighted by Gasteiger charge is 2.27. The zero-order valence-electron chi connectivity index (χ0n) is 9.20. The van der Waals surface area contributed by atoms with E-state index in [4.69, 9.17) is 9.52 Å². The SMILES string of the molecule is CC(CNCc1ccc(CO)o1)C1CC1. The molecule has 0 aromatic carbocycles. The maximum absolute atomic E-state index is 8.83. The average Bonchev–Trinajstić information content (AvgIpc) is 2.99. The maximum atomic E-state index is 8.83.